The molecule has 18 heavy (non-hydrogen) atoms. The Labute approximate surface area is 106 Å². The predicted octanol–water partition coefficient (Wildman–Crippen LogP) is 0.940. The smallest absolute Gasteiger partial charge is 0.339 e. The van der Waals surface area contributed by atoms with E-state index in [1.54, 1.807) is 12.1 Å². The number of aryl methyl sites for hydroxylation is 1. The Kier molecular flexibility index (Phi) is 3.62. The molecular formula is C13H16N2O3. The van der Waals surface area contributed by atoms with Gasteiger partial charge in [0.2, 0.25) is 5.91 Å². The van der Waals surface area contributed by atoms with E-state index in [-0.39, 0.29) is 11.8 Å². The van der Waals surface area contributed by atoms with Gasteiger partial charge in [-0.15, -0.1) is 0 Å². The highest BCUT2D eigenvalue weighted by Crippen LogP contribution is 2.19. The van der Waals surface area contributed by atoms with Gasteiger partial charge in [-0.1, -0.05) is 11.6 Å². The summed E-state index contributed by atoms with van der Waals surface area (Å²) in [6.45, 7) is 3.25. The van der Waals surface area contributed by atoms with Crippen LogP contribution in [0, 0.1) is 12.8 Å². The van der Waals surface area contributed by atoms with Crippen LogP contribution in [-0.2, 0) is 9.53 Å². The Morgan fingerprint density at radius 1 is 1.39 bits per heavy atom. The number of nitrogens with one attached hydrogen (secondary N) is 2. The van der Waals surface area contributed by atoms with Gasteiger partial charge < -0.3 is 15.4 Å². The Hall–Kier alpha value is -1.88. The molecule has 96 valence electrons. The first-order valence-electron chi connectivity index (χ1n) is 5.82. The number of ether oxygens (including phenoxy) is 1. The summed E-state index contributed by atoms with van der Waals surface area (Å²) < 4.78 is 4.71. The van der Waals surface area contributed by atoms with E-state index in [0.717, 1.165) is 5.56 Å². The first kappa shape index (κ1) is 12.6. The number of rotatable bonds is 3. The summed E-state index contributed by atoms with van der Waals surface area (Å²) in [6.07, 6.45) is 0. The fourth-order valence-corrected chi connectivity index (χ4v) is 1.75. The standard InChI is InChI=1S/C13H16N2O3/c1-8-3-4-11(10(5-8)13(17)18-2)15-12(16)9-6-14-7-9/h3-5,9,14H,6-7H2,1-2H3,(H,15,16). The molecule has 0 unspecified atom stereocenters. The van der Waals surface area contributed by atoms with Crippen LogP contribution in [0.15, 0.2) is 18.2 Å². The van der Waals surface area contributed by atoms with Gasteiger partial charge in [-0.3, -0.25) is 4.79 Å². The highest BCUT2D eigenvalue weighted by Gasteiger charge is 2.26. The maximum atomic E-state index is 11.8. The zero-order chi connectivity index (χ0) is 13.1. The van der Waals surface area contributed by atoms with Crippen LogP contribution >= 0.6 is 0 Å². The first-order chi connectivity index (χ1) is 8.61. The fourth-order valence-electron chi connectivity index (χ4n) is 1.75. The number of hydrogen-bond donors (Lipinski definition) is 2. The van der Waals surface area contributed by atoms with Gasteiger partial charge >= 0.3 is 5.97 Å². The Morgan fingerprint density at radius 3 is 2.67 bits per heavy atom. The third-order valence-electron chi connectivity index (χ3n) is 2.99. The van der Waals surface area contributed by atoms with E-state index in [9.17, 15) is 9.59 Å². The summed E-state index contributed by atoms with van der Waals surface area (Å²) in [4.78, 5) is 23.5. The molecule has 1 aliphatic heterocycles. The first-order valence-corrected chi connectivity index (χ1v) is 5.82. The van der Waals surface area contributed by atoms with Crippen molar-refractivity contribution in [2.75, 3.05) is 25.5 Å². The maximum Gasteiger partial charge on any atom is 0.339 e. The van der Waals surface area contributed by atoms with Crippen molar-refractivity contribution in [3.05, 3.63) is 29.3 Å². The average molecular weight is 248 g/mol. The van der Waals surface area contributed by atoms with Crippen LogP contribution in [-0.4, -0.2) is 32.1 Å². The molecule has 1 fully saturated rings. The maximum absolute atomic E-state index is 11.8. The fraction of sp³-hybridized carbons (Fsp3) is 0.385. The normalized spacial score (nSPS) is 14.8. The number of esters is 1. The van der Waals surface area contributed by atoms with E-state index in [4.69, 9.17) is 4.74 Å². The lowest BCUT2D eigenvalue weighted by atomic mass is 10.0. The number of anilines is 1. The second-order valence-corrected chi connectivity index (χ2v) is 4.39. The van der Waals surface area contributed by atoms with Crippen molar-refractivity contribution in [3.63, 3.8) is 0 Å². The van der Waals surface area contributed by atoms with E-state index in [1.165, 1.54) is 7.11 Å². The number of amides is 1. The summed E-state index contributed by atoms with van der Waals surface area (Å²) in [7, 11) is 1.33. The summed E-state index contributed by atoms with van der Waals surface area (Å²) >= 11 is 0. The minimum absolute atomic E-state index is 0.0169. The predicted molar refractivity (Wildman–Crippen MR) is 67.5 cm³/mol. The second-order valence-electron chi connectivity index (χ2n) is 4.39. The molecule has 0 bridgehead atoms. The van der Waals surface area contributed by atoms with Crippen molar-refractivity contribution >= 4 is 17.6 Å². The highest BCUT2D eigenvalue weighted by molar-refractivity contribution is 6.02. The lowest BCUT2D eigenvalue weighted by molar-refractivity contribution is -0.121. The van der Waals surface area contributed by atoms with Gasteiger partial charge in [0.25, 0.3) is 0 Å². The number of benzene rings is 1. The summed E-state index contributed by atoms with van der Waals surface area (Å²) in [5.41, 5.74) is 1.83. The van der Waals surface area contributed by atoms with E-state index in [0.29, 0.717) is 24.3 Å². The molecular weight excluding hydrogens is 232 g/mol. The third-order valence-corrected chi connectivity index (χ3v) is 2.99. The molecule has 0 atom stereocenters. The highest BCUT2D eigenvalue weighted by atomic mass is 16.5. The molecule has 1 saturated heterocycles. The summed E-state index contributed by atoms with van der Waals surface area (Å²) in [6, 6.07) is 5.28. The minimum atomic E-state index is -0.444. The van der Waals surface area contributed by atoms with Crippen LogP contribution in [0.4, 0.5) is 5.69 Å². The van der Waals surface area contributed by atoms with E-state index in [2.05, 4.69) is 10.6 Å². The molecule has 0 aliphatic carbocycles. The van der Waals surface area contributed by atoms with Crippen LogP contribution in [0.5, 0.6) is 0 Å². The van der Waals surface area contributed by atoms with E-state index < -0.39 is 5.97 Å². The van der Waals surface area contributed by atoms with Gasteiger partial charge in [0, 0.05) is 13.1 Å². The molecule has 1 aromatic rings. The van der Waals surface area contributed by atoms with Crippen molar-refractivity contribution in [3.8, 4) is 0 Å². The largest absolute Gasteiger partial charge is 0.465 e. The number of hydrogen-bond acceptors (Lipinski definition) is 4. The van der Waals surface area contributed by atoms with Gasteiger partial charge in [0.05, 0.1) is 24.3 Å². The van der Waals surface area contributed by atoms with E-state index in [1.807, 2.05) is 13.0 Å². The average Bonchev–Trinajstić information content (AvgIpc) is 2.28. The molecule has 2 N–H and O–H groups in total. The number of methoxy groups -OCH3 is 1. The van der Waals surface area contributed by atoms with Crippen LogP contribution in [0.2, 0.25) is 0 Å². The van der Waals surface area contributed by atoms with Gasteiger partial charge in [-0.2, -0.15) is 0 Å². The molecule has 5 nitrogen and oxygen atoms in total. The molecule has 0 saturated carbocycles. The molecule has 1 amide bonds. The van der Waals surface area contributed by atoms with Gasteiger partial charge in [-0.25, -0.2) is 4.79 Å². The molecule has 2 rings (SSSR count). The topological polar surface area (TPSA) is 67.4 Å². The minimum Gasteiger partial charge on any atom is -0.465 e. The molecule has 0 aromatic heterocycles. The second kappa shape index (κ2) is 5.18. The molecule has 1 aromatic carbocycles. The van der Waals surface area contributed by atoms with Crippen molar-refractivity contribution in [1.29, 1.82) is 0 Å². The zero-order valence-corrected chi connectivity index (χ0v) is 10.4. The van der Waals surface area contributed by atoms with Gasteiger partial charge in [0.15, 0.2) is 0 Å². The Bertz CT molecular complexity index is 481. The number of carbonyl (C=O) groups is 2. The lowest BCUT2D eigenvalue weighted by Gasteiger charge is -2.26. The SMILES string of the molecule is COC(=O)c1cc(C)ccc1NC(=O)C1CNC1. The molecule has 5 heteroatoms. The van der Waals surface area contributed by atoms with Crippen molar-refractivity contribution in [2.45, 2.75) is 6.92 Å². The number of carbonyl (C=O) groups excluding carboxylic acids is 2. The summed E-state index contributed by atoms with van der Waals surface area (Å²) in [5.74, 6) is -0.528. The summed E-state index contributed by atoms with van der Waals surface area (Å²) in [5, 5.41) is 5.81. The van der Waals surface area contributed by atoms with Crippen molar-refractivity contribution in [1.82, 2.24) is 5.32 Å². The monoisotopic (exact) mass is 248 g/mol. The van der Waals surface area contributed by atoms with E-state index >= 15 is 0 Å². The Morgan fingerprint density at radius 2 is 2.11 bits per heavy atom. The molecule has 0 spiro atoms. The zero-order valence-electron chi connectivity index (χ0n) is 10.4. The van der Waals surface area contributed by atoms with Crippen LogP contribution < -0.4 is 10.6 Å². The van der Waals surface area contributed by atoms with Crippen molar-refractivity contribution in [2.24, 2.45) is 5.92 Å². The molecule has 1 heterocycles. The molecule has 1 aliphatic rings. The Balaban J connectivity index is 2.20. The van der Waals surface area contributed by atoms with Crippen molar-refractivity contribution < 1.29 is 14.3 Å². The third kappa shape index (κ3) is 2.51. The molecule has 0 radical (unpaired) electrons. The lowest BCUT2D eigenvalue weighted by Crippen LogP contribution is -2.48. The quantitative estimate of drug-likeness (QED) is 0.781. The van der Waals surface area contributed by atoms with Crippen LogP contribution in [0.25, 0.3) is 0 Å². The van der Waals surface area contributed by atoms with Gasteiger partial charge in [0.1, 0.15) is 0 Å². The van der Waals surface area contributed by atoms with Crippen LogP contribution in [0.1, 0.15) is 15.9 Å². The van der Waals surface area contributed by atoms with Gasteiger partial charge in [-0.05, 0) is 19.1 Å². The van der Waals surface area contributed by atoms with Crippen LogP contribution in [0.3, 0.4) is 0 Å².